The second kappa shape index (κ2) is 8.41. The van der Waals surface area contributed by atoms with Crippen LogP contribution in [0.1, 0.15) is 30.0 Å². The number of benzene rings is 3. The van der Waals surface area contributed by atoms with Gasteiger partial charge in [0.2, 0.25) is 5.91 Å². The lowest BCUT2D eigenvalue weighted by molar-refractivity contribution is -0.122. The van der Waals surface area contributed by atoms with Crippen molar-refractivity contribution in [2.24, 2.45) is 11.0 Å². The fraction of sp³-hybridized carbons (Fsp3) is 0.200. The largest absolute Gasteiger partial charge is 0.507 e. The van der Waals surface area contributed by atoms with Crippen molar-refractivity contribution < 1.29 is 14.6 Å². The Kier molecular flexibility index (Phi) is 5.53. The zero-order chi connectivity index (χ0) is 21.0. The van der Waals surface area contributed by atoms with E-state index in [-0.39, 0.29) is 23.0 Å². The highest BCUT2D eigenvalue weighted by Gasteiger charge is 2.60. The number of nitrogens with one attached hydrogen (secondary N) is 1. The summed E-state index contributed by atoms with van der Waals surface area (Å²) in [4.78, 5) is 12.9. The molecule has 3 aromatic rings. The molecule has 1 aliphatic rings. The number of ether oxygens (including phenoxy) is 1. The van der Waals surface area contributed by atoms with Crippen LogP contribution in [-0.2, 0) is 10.2 Å². The van der Waals surface area contributed by atoms with Crippen LogP contribution in [0.15, 0.2) is 84.0 Å². The molecule has 0 spiro atoms. The number of phenolic OH excluding ortho intramolecular Hbond substituents is 1. The van der Waals surface area contributed by atoms with Gasteiger partial charge in [-0.25, -0.2) is 5.43 Å². The van der Waals surface area contributed by atoms with Crippen LogP contribution in [0.5, 0.6) is 11.5 Å². The van der Waals surface area contributed by atoms with E-state index in [2.05, 4.69) is 34.8 Å². The summed E-state index contributed by atoms with van der Waals surface area (Å²) in [5.41, 5.74) is 5.05. The summed E-state index contributed by atoms with van der Waals surface area (Å²) >= 11 is 0. The highest BCUT2D eigenvalue weighted by Crippen LogP contribution is 2.58. The topological polar surface area (TPSA) is 70.9 Å². The highest BCUT2D eigenvalue weighted by atomic mass is 16.5. The molecular formula is C25H24N2O3. The minimum Gasteiger partial charge on any atom is -0.507 e. The quantitative estimate of drug-likeness (QED) is 0.460. The number of phenols is 1. The minimum absolute atomic E-state index is 0.0748. The van der Waals surface area contributed by atoms with Crippen LogP contribution in [0.4, 0.5) is 0 Å². The third-order valence-corrected chi connectivity index (χ3v) is 5.54. The maximum absolute atomic E-state index is 12.9. The van der Waals surface area contributed by atoms with E-state index in [4.69, 9.17) is 4.74 Å². The fourth-order valence-electron chi connectivity index (χ4n) is 3.99. The molecule has 0 aliphatic heterocycles. The zero-order valence-corrected chi connectivity index (χ0v) is 16.8. The molecule has 5 heteroatoms. The van der Waals surface area contributed by atoms with Gasteiger partial charge in [0, 0.05) is 11.0 Å². The number of hydrogen-bond acceptors (Lipinski definition) is 4. The Labute approximate surface area is 176 Å². The maximum Gasteiger partial charge on any atom is 0.244 e. The van der Waals surface area contributed by atoms with E-state index in [1.54, 1.807) is 18.2 Å². The van der Waals surface area contributed by atoms with Crippen molar-refractivity contribution in [1.82, 2.24) is 5.43 Å². The van der Waals surface area contributed by atoms with E-state index in [1.807, 2.05) is 43.3 Å². The molecular weight excluding hydrogens is 376 g/mol. The predicted molar refractivity (Wildman–Crippen MR) is 117 cm³/mol. The fourth-order valence-corrected chi connectivity index (χ4v) is 3.99. The first-order valence-electron chi connectivity index (χ1n) is 10.0. The van der Waals surface area contributed by atoms with Gasteiger partial charge in [0.15, 0.2) is 0 Å². The maximum atomic E-state index is 12.9. The van der Waals surface area contributed by atoms with E-state index >= 15 is 0 Å². The molecule has 1 aliphatic carbocycles. The Morgan fingerprint density at radius 1 is 1.10 bits per heavy atom. The normalized spacial score (nSPS) is 16.9. The van der Waals surface area contributed by atoms with E-state index in [1.165, 1.54) is 6.21 Å². The van der Waals surface area contributed by atoms with Gasteiger partial charge < -0.3 is 9.84 Å². The Morgan fingerprint density at radius 2 is 1.73 bits per heavy atom. The second-order valence-corrected chi connectivity index (χ2v) is 7.35. The van der Waals surface area contributed by atoms with Gasteiger partial charge in [-0.15, -0.1) is 0 Å². The van der Waals surface area contributed by atoms with E-state index in [9.17, 15) is 9.90 Å². The third kappa shape index (κ3) is 3.79. The molecule has 1 atom stereocenters. The number of amides is 1. The van der Waals surface area contributed by atoms with Gasteiger partial charge in [-0.05, 0) is 42.7 Å². The van der Waals surface area contributed by atoms with E-state index in [0.29, 0.717) is 17.9 Å². The Bertz CT molecular complexity index is 1010. The molecule has 0 unspecified atom stereocenters. The monoisotopic (exact) mass is 400 g/mol. The summed E-state index contributed by atoms with van der Waals surface area (Å²) < 4.78 is 5.44. The number of nitrogens with zero attached hydrogens (tertiary/aromatic N) is 1. The molecule has 152 valence electrons. The molecule has 1 saturated carbocycles. The Morgan fingerprint density at radius 3 is 2.33 bits per heavy atom. The lowest BCUT2D eigenvalue weighted by Crippen LogP contribution is -2.25. The molecule has 2 N–H and O–H groups in total. The van der Waals surface area contributed by atoms with Gasteiger partial charge in [-0.2, -0.15) is 5.10 Å². The molecule has 0 saturated heterocycles. The number of carbonyl (C=O) groups excluding carboxylic acids is 1. The lowest BCUT2D eigenvalue weighted by atomic mass is 9.85. The number of hydrazone groups is 1. The number of carbonyl (C=O) groups is 1. The number of rotatable bonds is 7. The molecule has 0 aromatic heterocycles. The first-order valence-corrected chi connectivity index (χ1v) is 10.0. The standard InChI is InChI=1S/C25H24N2O3/c1-2-30-21-13-14-23(28)18(15-21)17-26-27-24(29)22-16-25(22,19-9-5-3-6-10-19)20-11-7-4-8-12-20/h3-15,17,22,28H,2,16H2,1H3,(H,27,29)/t22-/m1/s1. The summed E-state index contributed by atoms with van der Waals surface area (Å²) in [7, 11) is 0. The second-order valence-electron chi connectivity index (χ2n) is 7.35. The summed E-state index contributed by atoms with van der Waals surface area (Å²) in [5.74, 6) is 0.366. The van der Waals surface area contributed by atoms with Crippen molar-refractivity contribution in [3.63, 3.8) is 0 Å². The molecule has 30 heavy (non-hydrogen) atoms. The van der Waals surface area contributed by atoms with Crippen LogP contribution in [0, 0.1) is 5.92 Å². The summed E-state index contributed by atoms with van der Waals surface area (Å²) in [6.07, 6.45) is 2.16. The average molecular weight is 400 g/mol. The van der Waals surface area contributed by atoms with E-state index in [0.717, 1.165) is 17.5 Å². The average Bonchev–Trinajstić information content (AvgIpc) is 3.54. The van der Waals surface area contributed by atoms with Crippen LogP contribution in [0.25, 0.3) is 0 Å². The van der Waals surface area contributed by atoms with Crippen LogP contribution in [-0.4, -0.2) is 23.8 Å². The van der Waals surface area contributed by atoms with Crippen LogP contribution >= 0.6 is 0 Å². The van der Waals surface area contributed by atoms with Crippen LogP contribution in [0.2, 0.25) is 0 Å². The van der Waals surface area contributed by atoms with Crippen molar-refractivity contribution in [3.05, 3.63) is 95.6 Å². The molecule has 0 heterocycles. The van der Waals surface area contributed by atoms with Gasteiger partial charge in [0.25, 0.3) is 0 Å². The van der Waals surface area contributed by atoms with Crippen molar-refractivity contribution in [3.8, 4) is 11.5 Å². The zero-order valence-electron chi connectivity index (χ0n) is 16.8. The van der Waals surface area contributed by atoms with Crippen molar-refractivity contribution in [2.45, 2.75) is 18.8 Å². The molecule has 5 nitrogen and oxygen atoms in total. The lowest BCUT2D eigenvalue weighted by Gasteiger charge is -2.18. The van der Waals surface area contributed by atoms with Crippen molar-refractivity contribution in [2.75, 3.05) is 6.61 Å². The molecule has 0 bridgehead atoms. The van der Waals surface area contributed by atoms with Crippen LogP contribution < -0.4 is 10.2 Å². The van der Waals surface area contributed by atoms with Gasteiger partial charge >= 0.3 is 0 Å². The van der Waals surface area contributed by atoms with Gasteiger partial charge in [0.1, 0.15) is 11.5 Å². The van der Waals surface area contributed by atoms with Crippen molar-refractivity contribution in [1.29, 1.82) is 0 Å². The van der Waals surface area contributed by atoms with Crippen molar-refractivity contribution >= 4 is 12.1 Å². The Hall–Kier alpha value is -3.60. The predicted octanol–water partition coefficient (Wildman–Crippen LogP) is 4.25. The van der Waals surface area contributed by atoms with E-state index < -0.39 is 0 Å². The van der Waals surface area contributed by atoms with Gasteiger partial charge in [-0.3, -0.25) is 4.79 Å². The first-order chi connectivity index (χ1) is 14.6. The Balaban J connectivity index is 1.52. The first kappa shape index (κ1) is 19.7. The molecule has 0 radical (unpaired) electrons. The van der Waals surface area contributed by atoms with Gasteiger partial charge in [-0.1, -0.05) is 60.7 Å². The molecule has 3 aromatic carbocycles. The minimum atomic E-state index is -0.334. The highest BCUT2D eigenvalue weighted by molar-refractivity contribution is 5.88. The summed E-state index contributed by atoms with van der Waals surface area (Å²) in [6.45, 7) is 2.42. The number of hydrogen-bond donors (Lipinski definition) is 2. The molecule has 4 rings (SSSR count). The summed E-state index contributed by atoms with van der Waals surface area (Å²) in [6, 6.07) is 25.2. The van der Waals surface area contributed by atoms with Crippen LogP contribution in [0.3, 0.4) is 0 Å². The van der Waals surface area contributed by atoms with Gasteiger partial charge in [0.05, 0.1) is 18.7 Å². The molecule has 1 amide bonds. The third-order valence-electron chi connectivity index (χ3n) is 5.54. The molecule has 1 fully saturated rings. The SMILES string of the molecule is CCOc1ccc(O)c(C=NNC(=O)[C@H]2CC2(c2ccccc2)c2ccccc2)c1. The number of aromatic hydroxyl groups is 1. The smallest absolute Gasteiger partial charge is 0.244 e. The summed E-state index contributed by atoms with van der Waals surface area (Å²) in [5, 5.41) is 14.1.